The third-order valence-electron chi connectivity index (χ3n) is 6.57. The molecule has 0 spiro atoms. The molecule has 3 rings (SSSR count). The van der Waals surface area contributed by atoms with E-state index in [-0.39, 0.29) is 30.0 Å². The van der Waals surface area contributed by atoms with Gasteiger partial charge in [-0.2, -0.15) is 0 Å². The second kappa shape index (κ2) is 15.6. The summed E-state index contributed by atoms with van der Waals surface area (Å²) in [5, 5.41) is 2.63. The van der Waals surface area contributed by atoms with Gasteiger partial charge >= 0.3 is 6.09 Å². The van der Waals surface area contributed by atoms with Gasteiger partial charge in [0.25, 0.3) is 11.5 Å². The maximum atomic E-state index is 13.5. The smallest absolute Gasteiger partial charge is 0.410 e. The number of carbonyl (C=O) groups excluding carboxylic acids is 3. The Balaban J connectivity index is 1.84. The number of fused-ring (bicyclic) bond motifs is 1. The van der Waals surface area contributed by atoms with Crippen molar-refractivity contribution in [3.8, 4) is 0 Å². The first kappa shape index (κ1) is 35.1. The number of imidazole rings is 1. The number of nitrogens with one attached hydrogen (secondary N) is 1. The molecule has 0 aliphatic carbocycles. The average Bonchev–Trinajstić information content (AvgIpc) is 3.32. The minimum Gasteiger partial charge on any atom is -0.436 e. The minimum atomic E-state index is -1.19. The normalized spacial score (nSPS) is 12.6. The van der Waals surface area contributed by atoms with Crippen LogP contribution in [0.5, 0.6) is 0 Å². The second-order valence-corrected chi connectivity index (χ2v) is 13.9. The van der Waals surface area contributed by atoms with E-state index in [0.29, 0.717) is 18.6 Å². The zero-order valence-electron chi connectivity index (χ0n) is 26.1. The number of nitrogens with zero attached hydrogens (tertiary/aromatic N) is 7. The minimum absolute atomic E-state index is 0.0342. The van der Waals surface area contributed by atoms with Gasteiger partial charge in [0.1, 0.15) is 23.4 Å². The van der Waals surface area contributed by atoms with Crippen molar-refractivity contribution < 1.29 is 19.1 Å². The summed E-state index contributed by atoms with van der Waals surface area (Å²) < 4.78 is 8.83. The molecule has 1 N–H and O–H groups in total. The Morgan fingerprint density at radius 3 is 2.52 bits per heavy atom. The molecule has 238 valence electrons. The molecule has 0 radical (unpaired) electrons. The summed E-state index contributed by atoms with van der Waals surface area (Å²) in [4.78, 5) is 67.2. The Morgan fingerprint density at radius 1 is 1.16 bits per heavy atom. The van der Waals surface area contributed by atoms with Crippen LogP contribution >= 0.6 is 28.4 Å². The average molecular weight is 739 g/mol. The van der Waals surface area contributed by atoms with Crippen molar-refractivity contribution in [3.63, 3.8) is 0 Å². The first-order chi connectivity index (χ1) is 20.7. The van der Waals surface area contributed by atoms with Crippen LogP contribution in [0, 0.1) is 5.41 Å². The van der Waals surface area contributed by atoms with Crippen LogP contribution in [-0.4, -0.2) is 85.9 Å². The molecule has 1 unspecified atom stereocenters. The van der Waals surface area contributed by atoms with Gasteiger partial charge in [-0.15, -0.1) is 0 Å². The maximum absolute atomic E-state index is 13.5. The molecule has 3 heterocycles. The quantitative estimate of drug-likeness (QED) is 0.165. The van der Waals surface area contributed by atoms with Gasteiger partial charge in [0.2, 0.25) is 5.91 Å². The first-order valence-corrected chi connectivity index (χ1v) is 18.1. The van der Waals surface area contributed by atoms with E-state index >= 15 is 0 Å². The lowest BCUT2D eigenvalue weighted by Gasteiger charge is -2.19. The van der Waals surface area contributed by atoms with Crippen molar-refractivity contribution in [1.29, 1.82) is 0 Å². The Hall–Kier alpha value is -3.39. The third-order valence-corrected chi connectivity index (χ3v) is 8.66. The van der Waals surface area contributed by atoms with Gasteiger partial charge in [0, 0.05) is 34.4 Å². The van der Waals surface area contributed by atoms with E-state index in [4.69, 9.17) is 9.72 Å². The van der Waals surface area contributed by atoms with Crippen LogP contribution in [-0.2, 0) is 27.3 Å². The number of hydrogen-bond acceptors (Lipinski definition) is 8. The lowest BCUT2D eigenvalue weighted by Crippen LogP contribution is -2.37. The molecule has 15 heteroatoms. The fraction of sp³-hybridized carbons (Fsp3) is 0.483. The number of ether oxygens (including phenoxy) is 1. The highest BCUT2D eigenvalue weighted by atomic mass is 127. The van der Waals surface area contributed by atoms with Crippen LogP contribution in [0.4, 0.5) is 10.5 Å². The number of amides is 3. The summed E-state index contributed by atoms with van der Waals surface area (Å²) in [6, 6.07) is 3.15. The monoisotopic (exact) mass is 738 g/mol. The summed E-state index contributed by atoms with van der Waals surface area (Å²) in [6.45, 7) is 6.69. The number of carbonyl (C=O) groups is 3. The van der Waals surface area contributed by atoms with E-state index < -0.39 is 23.7 Å². The Morgan fingerprint density at radius 2 is 1.89 bits per heavy atom. The highest BCUT2D eigenvalue weighted by molar-refractivity contribution is 14.2. The molecule has 0 bridgehead atoms. The number of allylic oxidation sites excluding steroid dienone is 1. The zero-order valence-corrected chi connectivity index (χ0v) is 29.3. The molecule has 0 aliphatic rings. The van der Waals surface area contributed by atoms with Crippen LogP contribution in [0.15, 0.2) is 41.6 Å². The molecular formula is C29H40IN8O5P. The van der Waals surface area contributed by atoms with E-state index in [2.05, 4.69) is 58.1 Å². The van der Waals surface area contributed by atoms with Crippen LogP contribution in [0.25, 0.3) is 11.2 Å². The number of anilines is 1. The Labute approximate surface area is 271 Å². The summed E-state index contributed by atoms with van der Waals surface area (Å²) in [6.07, 6.45) is 6.68. The Bertz CT molecular complexity index is 1580. The van der Waals surface area contributed by atoms with Gasteiger partial charge in [-0.25, -0.2) is 19.7 Å². The molecule has 3 aromatic rings. The second-order valence-electron chi connectivity index (χ2n) is 11.8. The van der Waals surface area contributed by atoms with E-state index in [9.17, 15) is 19.2 Å². The predicted octanol–water partition coefficient (Wildman–Crippen LogP) is 4.24. The lowest BCUT2D eigenvalue weighted by molar-refractivity contribution is -0.125. The van der Waals surface area contributed by atoms with Crippen molar-refractivity contribution in [2.75, 3.05) is 33.5 Å². The summed E-state index contributed by atoms with van der Waals surface area (Å²) in [5.74, 6) is -0.208. The number of pyridine rings is 1. The van der Waals surface area contributed by atoms with E-state index in [1.807, 2.05) is 4.34 Å². The molecule has 0 aliphatic heterocycles. The van der Waals surface area contributed by atoms with Gasteiger partial charge in [-0.1, -0.05) is 26.8 Å². The number of aryl methyl sites for hydroxylation is 1. The van der Waals surface area contributed by atoms with E-state index in [0.717, 1.165) is 29.7 Å². The van der Waals surface area contributed by atoms with Gasteiger partial charge in [0.15, 0.2) is 11.8 Å². The van der Waals surface area contributed by atoms with Crippen molar-refractivity contribution in [2.24, 2.45) is 5.41 Å². The van der Waals surface area contributed by atoms with Crippen molar-refractivity contribution >= 4 is 63.2 Å². The zero-order chi connectivity index (χ0) is 32.6. The van der Waals surface area contributed by atoms with Gasteiger partial charge in [0.05, 0.1) is 18.6 Å². The molecule has 0 fully saturated rings. The highest BCUT2D eigenvalue weighted by Crippen LogP contribution is 2.32. The largest absolute Gasteiger partial charge is 0.436 e. The van der Waals surface area contributed by atoms with Crippen molar-refractivity contribution in [1.82, 2.24) is 33.7 Å². The molecule has 13 nitrogen and oxygen atoms in total. The van der Waals surface area contributed by atoms with Crippen molar-refractivity contribution in [2.45, 2.75) is 59.1 Å². The topological polar surface area (TPSA) is 145 Å². The van der Waals surface area contributed by atoms with Crippen LogP contribution in [0.1, 0.15) is 51.6 Å². The molecule has 44 heavy (non-hydrogen) atoms. The summed E-state index contributed by atoms with van der Waals surface area (Å²) in [5.41, 5.74) is 2.04. The first-order valence-electron chi connectivity index (χ1n) is 14.1. The summed E-state index contributed by atoms with van der Waals surface area (Å²) >= 11 is 2.26. The van der Waals surface area contributed by atoms with Crippen LogP contribution < -0.4 is 10.9 Å². The number of aromatic nitrogens is 5. The molecular weight excluding hydrogens is 698 g/mol. The van der Waals surface area contributed by atoms with Gasteiger partial charge < -0.3 is 24.4 Å². The maximum Gasteiger partial charge on any atom is 0.410 e. The predicted molar refractivity (Wildman–Crippen MR) is 180 cm³/mol. The van der Waals surface area contributed by atoms with E-state index in [1.54, 1.807) is 38.8 Å². The van der Waals surface area contributed by atoms with Crippen LogP contribution in [0.3, 0.4) is 0 Å². The fourth-order valence-electron chi connectivity index (χ4n) is 4.03. The number of rotatable bonds is 12. The SMILES string of the molecule is CN(C)C(=O)/C=C/CC[C@H](OC(=O)N(C)C)C(=O)Nc1cccn(Cc2nc3c(CCC(C)(C)C)ncnc3n2PI)c1=O. The molecule has 3 aromatic heterocycles. The lowest BCUT2D eigenvalue weighted by atomic mass is 9.90. The molecule has 0 saturated carbocycles. The third kappa shape index (κ3) is 9.55. The Kier molecular flexibility index (Phi) is 12.4. The summed E-state index contributed by atoms with van der Waals surface area (Å²) in [7, 11) is 6.27. The molecule has 2 atom stereocenters. The fourth-order valence-corrected chi connectivity index (χ4v) is 6.01. The number of likely N-dealkylation sites (N-methyl/N-ethyl adjacent to an activating group) is 1. The highest BCUT2D eigenvalue weighted by Gasteiger charge is 2.25. The molecule has 3 amide bonds. The van der Waals surface area contributed by atoms with Gasteiger partial charge in [-0.05, 0) is 71.3 Å². The molecule has 0 saturated heterocycles. The van der Waals surface area contributed by atoms with Crippen molar-refractivity contribution in [3.05, 3.63) is 58.7 Å². The molecule has 0 aromatic carbocycles. The van der Waals surface area contributed by atoms with Crippen LogP contribution in [0.2, 0.25) is 0 Å². The van der Waals surface area contributed by atoms with E-state index in [1.165, 1.54) is 40.6 Å². The number of halogens is 1. The number of hydrogen-bond donors (Lipinski definition) is 1. The standard InChI is InChI=1S/C29H40IN8O5P/c1-29(2,3)15-14-19-24-25(32-18-31-19)38(44-30)22(34-24)17-37-16-10-11-20(27(37)41)33-26(40)21(43-28(42)36(6)7)12-8-9-13-23(39)35(4)5/h9-11,13,16,18,21,44H,8,12,14-15,17H2,1-7H3,(H,33,40)/b13-9+/t21-/m0/s1. The van der Waals surface area contributed by atoms with Gasteiger partial charge in [-0.3, -0.25) is 18.7 Å².